The summed E-state index contributed by atoms with van der Waals surface area (Å²) in [5, 5.41) is 0. The van der Waals surface area contributed by atoms with Crippen molar-refractivity contribution < 1.29 is 26.8 Å². The maximum absolute atomic E-state index is 13.8. The Morgan fingerprint density at radius 1 is 1.17 bits per heavy atom. The van der Waals surface area contributed by atoms with E-state index in [2.05, 4.69) is 0 Å². The lowest BCUT2D eigenvalue weighted by atomic mass is 10.1. The van der Waals surface area contributed by atoms with Crippen LogP contribution in [0.15, 0.2) is 23.1 Å². The fraction of sp³-hybridized carbons (Fsp3) is 0.429. The largest absolute Gasteiger partial charge is 0.335 e. The molecule has 0 unspecified atom stereocenters. The molecular weight excluding hydrogens is 344 g/mol. The number of halogens is 2. The van der Waals surface area contributed by atoms with Crippen molar-refractivity contribution in [1.29, 1.82) is 0 Å². The first-order valence-electron chi connectivity index (χ1n) is 7.21. The smallest absolute Gasteiger partial charge is 0.246 e. The molecular formula is C14H15F2N3O4S. The molecule has 2 fully saturated rings. The molecule has 0 aromatic heterocycles. The average Bonchev–Trinajstić information content (AvgIpc) is 2.52. The molecule has 1 aromatic carbocycles. The molecule has 24 heavy (non-hydrogen) atoms. The second kappa shape index (κ2) is 5.78. The highest BCUT2D eigenvalue weighted by Crippen LogP contribution is 2.25. The van der Waals surface area contributed by atoms with Gasteiger partial charge in [-0.15, -0.1) is 0 Å². The van der Waals surface area contributed by atoms with Crippen LogP contribution in [0.1, 0.15) is 0 Å². The number of nitrogens with zero attached hydrogens (tertiary/aromatic N) is 3. The van der Waals surface area contributed by atoms with Gasteiger partial charge in [-0.25, -0.2) is 17.2 Å². The average molecular weight is 359 g/mol. The molecule has 130 valence electrons. The number of sulfonamides is 1. The maximum atomic E-state index is 13.8. The summed E-state index contributed by atoms with van der Waals surface area (Å²) in [5.41, 5.74) is 0. The number of likely N-dealkylation sites (N-methyl/N-ethyl adjacent to an activating group) is 1. The predicted octanol–water partition coefficient (Wildman–Crippen LogP) is -0.362. The van der Waals surface area contributed by atoms with Gasteiger partial charge in [-0.05, 0) is 12.1 Å². The normalized spacial score (nSPS) is 22.7. The molecule has 10 heteroatoms. The van der Waals surface area contributed by atoms with Crippen molar-refractivity contribution >= 4 is 21.8 Å². The first kappa shape index (κ1) is 16.8. The zero-order chi connectivity index (χ0) is 17.6. The number of piperazine rings is 2. The van der Waals surface area contributed by atoms with Crippen molar-refractivity contribution in [2.45, 2.75) is 10.9 Å². The Bertz CT molecular complexity index is 814. The van der Waals surface area contributed by atoms with E-state index < -0.39 is 32.6 Å². The molecule has 0 spiro atoms. The molecule has 0 N–H and O–H groups in total. The summed E-state index contributed by atoms with van der Waals surface area (Å²) in [6, 6.07) is 1.27. The van der Waals surface area contributed by atoms with E-state index in [0.717, 1.165) is 16.4 Å². The number of rotatable bonds is 2. The van der Waals surface area contributed by atoms with Crippen LogP contribution in [-0.4, -0.2) is 73.6 Å². The van der Waals surface area contributed by atoms with Crippen molar-refractivity contribution in [3.8, 4) is 0 Å². The van der Waals surface area contributed by atoms with Gasteiger partial charge >= 0.3 is 0 Å². The molecule has 0 bridgehead atoms. The highest BCUT2D eigenvalue weighted by molar-refractivity contribution is 7.89. The number of benzene rings is 1. The summed E-state index contributed by atoms with van der Waals surface area (Å²) >= 11 is 0. The third kappa shape index (κ3) is 2.65. The molecule has 0 saturated carbocycles. The molecule has 7 nitrogen and oxygen atoms in total. The van der Waals surface area contributed by atoms with Crippen molar-refractivity contribution in [2.75, 3.05) is 33.2 Å². The number of carbonyl (C=O) groups is 2. The summed E-state index contributed by atoms with van der Waals surface area (Å²) in [5.74, 6) is -2.70. The molecule has 0 radical (unpaired) electrons. The predicted molar refractivity (Wildman–Crippen MR) is 78.3 cm³/mol. The van der Waals surface area contributed by atoms with Gasteiger partial charge in [0, 0.05) is 32.7 Å². The topological polar surface area (TPSA) is 78.0 Å². The van der Waals surface area contributed by atoms with Crippen molar-refractivity contribution in [3.63, 3.8) is 0 Å². The van der Waals surface area contributed by atoms with E-state index in [4.69, 9.17) is 0 Å². The first-order valence-corrected chi connectivity index (χ1v) is 8.65. The van der Waals surface area contributed by atoms with E-state index in [1.165, 1.54) is 16.8 Å². The van der Waals surface area contributed by atoms with Crippen LogP contribution in [-0.2, 0) is 19.6 Å². The van der Waals surface area contributed by atoms with Gasteiger partial charge in [-0.3, -0.25) is 9.59 Å². The summed E-state index contributed by atoms with van der Waals surface area (Å²) in [7, 11) is -2.77. The van der Waals surface area contributed by atoms with E-state index in [0.29, 0.717) is 6.07 Å². The van der Waals surface area contributed by atoms with Gasteiger partial charge in [0.2, 0.25) is 21.8 Å². The number of carbonyl (C=O) groups excluding carboxylic acids is 2. The molecule has 2 aliphatic heterocycles. The van der Waals surface area contributed by atoms with E-state index in [-0.39, 0.29) is 38.0 Å². The van der Waals surface area contributed by atoms with Gasteiger partial charge in [-0.2, -0.15) is 4.31 Å². The Labute approximate surface area is 137 Å². The zero-order valence-electron chi connectivity index (χ0n) is 12.8. The van der Waals surface area contributed by atoms with Gasteiger partial charge in [0.25, 0.3) is 0 Å². The second-order valence-electron chi connectivity index (χ2n) is 5.74. The number of hydrogen-bond acceptors (Lipinski definition) is 4. The monoisotopic (exact) mass is 359 g/mol. The van der Waals surface area contributed by atoms with Crippen LogP contribution in [0, 0.1) is 11.6 Å². The summed E-state index contributed by atoms with van der Waals surface area (Å²) in [6.07, 6.45) is 0. The van der Waals surface area contributed by atoms with Crippen LogP contribution in [0.2, 0.25) is 0 Å². The molecule has 2 amide bonds. The van der Waals surface area contributed by atoms with Crippen LogP contribution in [0.5, 0.6) is 0 Å². The molecule has 2 heterocycles. The second-order valence-corrected chi connectivity index (χ2v) is 7.64. The fourth-order valence-electron chi connectivity index (χ4n) is 2.94. The van der Waals surface area contributed by atoms with Crippen molar-refractivity contribution in [1.82, 2.24) is 14.1 Å². The minimum atomic E-state index is -4.24. The number of fused-ring (bicyclic) bond motifs is 1. The Balaban J connectivity index is 1.91. The third-order valence-electron chi connectivity index (χ3n) is 4.21. The van der Waals surface area contributed by atoms with Gasteiger partial charge in [0.05, 0.1) is 6.54 Å². The van der Waals surface area contributed by atoms with E-state index >= 15 is 0 Å². The molecule has 2 aliphatic rings. The molecule has 1 aromatic rings. The standard InChI is InChI=1S/C14H15F2N3O4S/c1-17-8-13(20)19-5-4-18(7-11(19)14(17)21)24(22,23)12-3-2-9(15)6-10(12)16/h2-3,6,11H,4-5,7-8H2,1H3/t11-/m0/s1. The molecule has 0 aliphatic carbocycles. The Hall–Kier alpha value is -2.07. The zero-order valence-corrected chi connectivity index (χ0v) is 13.6. The van der Waals surface area contributed by atoms with Gasteiger partial charge in [0.1, 0.15) is 22.6 Å². The minimum Gasteiger partial charge on any atom is -0.335 e. The number of hydrogen-bond donors (Lipinski definition) is 0. The van der Waals surface area contributed by atoms with Crippen LogP contribution >= 0.6 is 0 Å². The van der Waals surface area contributed by atoms with Gasteiger partial charge in [-0.1, -0.05) is 0 Å². The SMILES string of the molecule is CN1CC(=O)N2CCN(S(=O)(=O)c3ccc(F)cc3F)C[C@H]2C1=O. The van der Waals surface area contributed by atoms with Gasteiger partial charge in [0.15, 0.2) is 0 Å². The Morgan fingerprint density at radius 2 is 1.88 bits per heavy atom. The third-order valence-corrected chi connectivity index (χ3v) is 6.11. The van der Waals surface area contributed by atoms with Gasteiger partial charge < -0.3 is 9.80 Å². The maximum Gasteiger partial charge on any atom is 0.246 e. The van der Waals surface area contributed by atoms with Crippen LogP contribution in [0.25, 0.3) is 0 Å². The Kier molecular flexibility index (Phi) is 4.04. The highest BCUT2D eigenvalue weighted by Gasteiger charge is 2.44. The van der Waals surface area contributed by atoms with E-state index in [1.54, 1.807) is 0 Å². The molecule has 1 atom stereocenters. The van der Waals surface area contributed by atoms with Crippen LogP contribution in [0.4, 0.5) is 8.78 Å². The lowest BCUT2D eigenvalue weighted by Gasteiger charge is -2.44. The summed E-state index contributed by atoms with van der Waals surface area (Å²) in [4.78, 5) is 26.1. The van der Waals surface area contributed by atoms with Crippen LogP contribution < -0.4 is 0 Å². The lowest BCUT2D eigenvalue weighted by molar-refractivity contribution is -0.156. The molecule has 2 saturated heterocycles. The fourth-order valence-corrected chi connectivity index (χ4v) is 4.42. The van der Waals surface area contributed by atoms with Crippen molar-refractivity contribution in [3.05, 3.63) is 29.8 Å². The van der Waals surface area contributed by atoms with Crippen LogP contribution in [0.3, 0.4) is 0 Å². The van der Waals surface area contributed by atoms with E-state index in [9.17, 15) is 26.8 Å². The van der Waals surface area contributed by atoms with E-state index in [1.807, 2.05) is 0 Å². The quantitative estimate of drug-likeness (QED) is 0.722. The first-order chi connectivity index (χ1) is 11.2. The van der Waals surface area contributed by atoms with Crippen molar-refractivity contribution in [2.24, 2.45) is 0 Å². The summed E-state index contributed by atoms with van der Waals surface area (Å²) in [6.45, 7) is -0.313. The summed E-state index contributed by atoms with van der Waals surface area (Å²) < 4.78 is 53.0. The molecule has 3 rings (SSSR count). The Morgan fingerprint density at radius 3 is 2.54 bits per heavy atom. The number of amides is 2. The highest BCUT2D eigenvalue weighted by atomic mass is 32.2. The lowest BCUT2D eigenvalue weighted by Crippen LogP contribution is -2.66. The minimum absolute atomic E-state index is 0.0467.